The highest BCUT2D eigenvalue weighted by molar-refractivity contribution is 5.71. The Morgan fingerprint density at radius 2 is 1.50 bits per heavy atom. The predicted octanol–water partition coefficient (Wildman–Crippen LogP) is 7.16. The summed E-state index contributed by atoms with van der Waals surface area (Å²) < 4.78 is 81.5. The molecule has 0 amide bonds. The third-order valence-electron chi connectivity index (χ3n) is 4.87. The molecule has 0 aliphatic rings. The van der Waals surface area contributed by atoms with E-state index < -0.39 is 24.5 Å². The SMILES string of the molecule is C[C@@H](NCc1ccc(OCC(F)(F)F)c(-c2ccc(C(F)(F)F)cc2)c1)c1ccccc1. The van der Waals surface area contributed by atoms with E-state index in [1.54, 1.807) is 12.1 Å². The molecule has 8 heteroatoms. The van der Waals surface area contributed by atoms with E-state index >= 15 is 0 Å². The average molecular weight is 453 g/mol. The van der Waals surface area contributed by atoms with Crippen LogP contribution in [0, 0.1) is 0 Å². The molecule has 3 aromatic rings. The van der Waals surface area contributed by atoms with Crippen molar-refractivity contribution in [1.29, 1.82) is 0 Å². The van der Waals surface area contributed by atoms with Crippen LogP contribution in [0.4, 0.5) is 26.3 Å². The Morgan fingerprint density at radius 3 is 2.09 bits per heavy atom. The Bertz CT molecular complexity index is 1010. The molecule has 0 bridgehead atoms. The van der Waals surface area contributed by atoms with Crippen molar-refractivity contribution in [3.63, 3.8) is 0 Å². The number of rotatable bonds is 7. The third kappa shape index (κ3) is 6.50. The summed E-state index contributed by atoms with van der Waals surface area (Å²) in [4.78, 5) is 0. The maximum Gasteiger partial charge on any atom is 0.422 e. The second-order valence-corrected chi connectivity index (χ2v) is 7.32. The van der Waals surface area contributed by atoms with E-state index in [0.29, 0.717) is 12.1 Å². The maximum atomic E-state index is 12.9. The van der Waals surface area contributed by atoms with E-state index in [0.717, 1.165) is 23.3 Å². The van der Waals surface area contributed by atoms with Crippen molar-refractivity contribution in [1.82, 2.24) is 5.32 Å². The van der Waals surface area contributed by atoms with Crippen molar-refractivity contribution < 1.29 is 31.1 Å². The van der Waals surface area contributed by atoms with Crippen LogP contribution in [0.25, 0.3) is 11.1 Å². The highest BCUT2D eigenvalue weighted by atomic mass is 19.4. The number of hydrogen-bond acceptors (Lipinski definition) is 2. The first-order valence-corrected chi connectivity index (χ1v) is 9.81. The fourth-order valence-corrected chi connectivity index (χ4v) is 3.17. The van der Waals surface area contributed by atoms with Gasteiger partial charge in [-0.25, -0.2) is 0 Å². The van der Waals surface area contributed by atoms with Crippen LogP contribution in [0.3, 0.4) is 0 Å². The van der Waals surface area contributed by atoms with Gasteiger partial charge >= 0.3 is 12.4 Å². The number of hydrogen-bond donors (Lipinski definition) is 1. The fourth-order valence-electron chi connectivity index (χ4n) is 3.17. The summed E-state index contributed by atoms with van der Waals surface area (Å²) in [7, 11) is 0. The van der Waals surface area contributed by atoms with Crippen LogP contribution in [-0.4, -0.2) is 12.8 Å². The lowest BCUT2D eigenvalue weighted by molar-refractivity contribution is -0.153. The molecule has 0 saturated carbocycles. The summed E-state index contributed by atoms with van der Waals surface area (Å²) in [5.74, 6) is -0.0538. The highest BCUT2D eigenvalue weighted by Crippen LogP contribution is 2.35. The normalized spacial score (nSPS) is 13.1. The first kappa shape index (κ1) is 23.7. The van der Waals surface area contributed by atoms with Crippen molar-refractivity contribution in [2.45, 2.75) is 31.9 Å². The van der Waals surface area contributed by atoms with Gasteiger partial charge in [0.15, 0.2) is 6.61 Å². The van der Waals surface area contributed by atoms with Gasteiger partial charge in [-0.3, -0.25) is 0 Å². The molecule has 0 spiro atoms. The van der Waals surface area contributed by atoms with Gasteiger partial charge in [0.2, 0.25) is 0 Å². The Kier molecular flexibility index (Phi) is 7.13. The number of halogens is 6. The predicted molar refractivity (Wildman–Crippen MR) is 110 cm³/mol. The molecule has 0 aliphatic heterocycles. The molecule has 0 aromatic heterocycles. The topological polar surface area (TPSA) is 21.3 Å². The summed E-state index contributed by atoms with van der Waals surface area (Å²) >= 11 is 0. The summed E-state index contributed by atoms with van der Waals surface area (Å²) in [5, 5.41) is 3.33. The van der Waals surface area contributed by atoms with Crippen LogP contribution in [-0.2, 0) is 12.7 Å². The molecule has 0 unspecified atom stereocenters. The molecule has 170 valence electrons. The molecule has 0 saturated heterocycles. The van der Waals surface area contributed by atoms with Crippen molar-refractivity contribution in [3.8, 4) is 16.9 Å². The first-order valence-electron chi connectivity index (χ1n) is 9.81. The number of ether oxygens (including phenoxy) is 1. The van der Waals surface area contributed by atoms with Gasteiger partial charge in [0.1, 0.15) is 5.75 Å². The van der Waals surface area contributed by atoms with E-state index in [1.807, 2.05) is 37.3 Å². The lowest BCUT2D eigenvalue weighted by Crippen LogP contribution is -2.20. The Morgan fingerprint density at radius 1 is 0.844 bits per heavy atom. The molecule has 32 heavy (non-hydrogen) atoms. The van der Waals surface area contributed by atoms with Crippen molar-refractivity contribution in [3.05, 3.63) is 89.5 Å². The van der Waals surface area contributed by atoms with Crippen LogP contribution < -0.4 is 10.1 Å². The molecule has 0 aliphatic carbocycles. The molecule has 2 nitrogen and oxygen atoms in total. The molecular formula is C24H21F6NO. The van der Waals surface area contributed by atoms with Crippen molar-refractivity contribution in [2.75, 3.05) is 6.61 Å². The smallest absolute Gasteiger partial charge is 0.422 e. The minimum atomic E-state index is -4.54. The summed E-state index contributed by atoms with van der Waals surface area (Å²) in [6.45, 7) is 0.888. The molecule has 3 aromatic carbocycles. The van der Waals surface area contributed by atoms with E-state index in [4.69, 9.17) is 4.74 Å². The van der Waals surface area contributed by atoms with Gasteiger partial charge in [-0.2, -0.15) is 26.3 Å². The van der Waals surface area contributed by atoms with Crippen LogP contribution >= 0.6 is 0 Å². The fraction of sp³-hybridized carbons (Fsp3) is 0.250. The van der Waals surface area contributed by atoms with E-state index in [-0.39, 0.29) is 17.4 Å². The van der Waals surface area contributed by atoms with Gasteiger partial charge in [0.05, 0.1) is 5.56 Å². The average Bonchev–Trinajstić information content (AvgIpc) is 2.76. The molecule has 1 N–H and O–H groups in total. The van der Waals surface area contributed by atoms with Crippen LogP contribution in [0.5, 0.6) is 5.75 Å². The minimum Gasteiger partial charge on any atom is -0.483 e. The molecule has 0 radical (unpaired) electrons. The summed E-state index contributed by atoms with van der Waals surface area (Å²) in [6, 6.07) is 18.6. The maximum absolute atomic E-state index is 12.9. The largest absolute Gasteiger partial charge is 0.483 e. The monoisotopic (exact) mass is 453 g/mol. The van der Waals surface area contributed by atoms with E-state index in [2.05, 4.69) is 5.32 Å². The molecule has 0 fully saturated rings. The third-order valence-corrected chi connectivity index (χ3v) is 4.87. The molecule has 0 heterocycles. The number of nitrogens with one attached hydrogen (secondary N) is 1. The first-order chi connectivity index (χ1) is 15.0. The zero-order chi connectivity index (χ0) is 23.4. The zero-order valence-corrected chi connectivity index (χ0v) is 17.1. The van der Waals surface area contributed by atoms with Gasteiger partial charge in [-0.1, -0.05) is 48.5 Å². The standard InChI is InChI=1S/C24H21F6NO/c1-16(18-5-3-2-4-6-18)31-14-17-7-12-22(32-15-23(25,26)27)21(13-17)19-8-10-20(11-9-19)24(28,29)30/h2-13,16,31H,14-15H2,1H3/t16-/m1/s1. The number of benzene rings is 3. The zero-order valence-electron chi connectivity index (χ0n) is 17.1. The summed E-state index contributed by atoms with van der Waals surface area (Å²) in [6.07, 6.45) is -9.05. The second kappa shape index (κ2) is 9.65. The van der Waals surface area contributed by atoms with Crippen molar-refractivity contribution in [2.24, 2.45) is 0 Å². The molecular weight excluding hydrogens is 432 g/mol. The molecule has 1 atom stereocenters. The van der Waals surface area contributed by atoms with Gasteiger partial charge < -0.3 is 10.1 Å². The van der Waals surface area contributed by atoms with Gasteiger partial charge in [0.25, 0.3) is 0 Å². The Labute approximate surface area is 181 Å². The number of alkyl halides is 6. The minimum absolute atomic E-state index is 0.0203. The quantitative estimate of drug-likeness (QED) is 0.383. The second-order valence-electron chi connectivity index (χ2n) is 7.32. The molecule has 3 rings (SSSR count). The Balaban J connectivity index is 1.85. The lowest BCUT2D eigenvalue weighted by atomic mass is 10.00. The summed E-state index contributed by atoms with van der Waals surface area (Å²) in [5.41, 5.74) is 1.60. The van der Waals surface area contributed by atoms with Crippen LogP contribution in [0.15, 0.2) is 72.8 Å². The van der Waals surface area contributed by atoms with Gasteiger partial charge in [0, 0.05) is 18.2 Å². The van der Waals surface area contributed by atoms with E-state index in [1.165, 1.54) is 18.2 Å². The lowest BCUT2D eigenvalue weighted by Gasteiger charge is -2.17. The van der Waals surface area contributed by atoms with Crippen LogP contribution in [0.2, 0.25) is 0 Å². The van der Waals surface area contributed by atoms with Gasteiger partial charge in [-0.15, -0.1) is 0 Å². The Hall–Kier alpha value is -3.00. The van der Waals surface area contributed by atoms with Crippen molar-refractivity contribution >= 4 is 0 Å². The van der Waals surface area contributed by atoms with Gasteiger partial charge in [-0.05, 0) is 47.9 Å². The highest BCUT2D eigenvalue weighted by Gasteiger charge is 2.31. The van der Waals surface area contributed by atoms with Crippen LogP contribution in [0.1, 0.15) is 29.7 Å². The van der Waals surface area contributed by atoms with E-state index in [9.17, 15) is 26.3 Å².